The van der Waals surface area contributed by atoms with Crippen LogP contribution in [0.3, 0.4) is 0 Å². The molecule has 0 spiro atoms. The summed E-state index contributed by atoms with van der Waals surface area (Å²) in [6.45, 7) is 0. The summed E-state index contributed by atoms with van der Waals surface area (Å²) in [4.78, 5) is 12.3. The van der Waals surface area contributed by atoms with Crippen molar-refractivity contribution < 1.29 is 4.43 Å². The zero-order valence-electron chi connectivity index (χ0n) is 12.2. The number of rotatable bonds is 1. The number of nitrogens with zero attached hydrogens (tertiary/aromatic N) is 2. The van der Waals surface area contributed by atoms with Gasteiger partial charge in [-0.05, 0) is 30.0 Å². The molecule has 4 heteroatoms. The highest BCUT2D eigenvalue weighted by Gasteiger charge is 2.23. The fourth-order valence-electron chi connectivity index (χ4n) is 3.34. The molecule has 110 valence electrons. The van der Waals surface area contributed by atoms with E-state index in [0.29, 0.717) is 29.9 Å². The lowest BCUT2D eigenvalue weighted by Crippen LogP contribution is -2.29. The Balaban J connectivity index is 2.04. The third kappa shape index (κ3) is 1.91. The van der Waals surface area contributed by atoms with Crippen LogP contribution in [0.15, 0.2) is 48.7 Å². The smallest absolute Gasteiger partial charge is 0.258 e. The van der Waals surface area contributed by atoms with Gasteiger partial charge in [0.15, 0.2) is 0 Å². The molecule has 1 aliphatic carbocycles. The van der Waals surface area contributed by atoms with Crippen LogP contribution in [0.25, 0.3) is 22.0 Å². The van der Waals surface area contributed by atoms with E-state index in [1.807, 2.05) is 42.5 Å². The van der Waals surface area contributed by atoms with Gasteiger partial charge >= 0.3 is 0 Å². The van der Waals surface area contributed by atoms with Gasteiger partial charge in [0, 0.05) is 16.9 Å². The maximum Gasteiger partial charge on any atom is 0.258 e. The lowest BCUT2D eigenvalue weighted by Gasteiger charge is -2.23. The monoisotopic (exact) mass is 292 g/mol. The predicted molar refractivity (Wildman–Crippen MR) is 86.1 cm³/mol. The van der Waals surface area contributed by atoms with Crippen molar-refractivity contribution >= 4 is 10.8 Å². The van der Waals surface area contributed by atoms with Crippen LogP contribution >= 0.6 is 0 Å². The van der Waals surface area contributed by atoms with E-state index >= 15 is 0 Å². The van der Waals surface area contributed by atoms with E-state index in [1.54, 1.807) is 0 Å². The topological polar surface area (TPSA) is 51.0 Å². The lowest BCUT2D eigenvalue weighted by atomic mass is 9.98. The number of hydrogen-bond donors (Lipinski definition) is 0. The summed E-state index contributed by atoms with van der Waals surface area (Å²) in [6, 6.07) is 13.8. The van der Waals surface area contributed by atoms with Gasteiger partial charge in [0.1, 0.15) is 5.69 Å². The van der Waals surface area contributed by atoms with Crippen molar-refractivity contribution in [3.05, 3.63) is 70.2 Å². The quantitative estimate of drug-likeness (QED) is 0.645. The van der Waals surface area contributed by atoms with E-state index < -0.39 is 0 Å². The molecule has 1 heterocycles. The highest BCUT2D eigenvalue weighted by Crippen LogP contribution is 2.29. The minimum atomic E-state index is 0.437. The van der Waals surface area contributed by atoms with Crippen LogP contribution in [-0.2, 0) is 12.8 Å². The molecule has 0 aliphatic heterocycles. The summed E-state index contributed by atoms with van der Waals surface area (Å²) < 4.78 is 1.85. The van der Waals surface area contributed by atoms with E-state index in [1.165, 1.54) is 6.20 Å². The van der Waals surface area contributed by atoms with E-state index in [9.17, 15) is 10.1 Å². The fourth-order valence-corrected chi connectivity index (χ4v) is 3.34. The maximum atomic E-state index is 12.8. The van der Waals surface area contributed by atoms with Gasteiger partial charge in [-0.2, -0.15) is 0 Å². The second-order valence-corrected chi connectivity index (χ2v) is 5.76. The van der Waals surface area contributed by atoms with E-state index in [4.69, 9.17) is 0 Å². The zero-order valence-corrected chi connectivity index (χ0v) is 12.2. The van der Waals surface area contributed by atoms with Crippen LogP contribution < -0.4 is 4.43 Å². The van der Waals surface area contributed by atoms with Crippen LogP contribution in [0.2, 0.25) is 0 Å². The molecule has 22 heavy (non-hydrogen) atoms. The van der Waals surface area contributed by atoms with E-state index in [0.717, 1.165) is 38.3 Å². The normalized spacial score (nSPS) is 14.0. The first-order chi connectivity index (χ1) is 10.8. The Labute approximate surface area is 127 Å². The Bertz CT molecular complexity index is 923. The van der Waals surface area contributed by atoms with Crippen LogP contribution in [0.1, 0.15) is 24.2 Å². The Kier molecular flexibility index (Phi) is 2.96. The largest absolute Gasteiger partial charge is 0.805 e. The molecule has 0 amide bonds. The third-order valence-corrected chi connectivity index (χ3v) is 4.45. The van der Waals surface area contributed by atoms with Crippen LogP contribution in [0.5, 0.6) is 0 Å². The summed E-state index contributed by atoms with van der Waals surface area (Å²) in [5.74, 6) is 0. The molecule has 0 atom stereocenters. The first kappa shape index (κ1) is 13.1. The number of hydrogen-bond acceptors (Lipinski definition) is 2. The average Bonchev–Trinajstić information content (AvgIpc) is 2.58. The van der Waals surface area contributed by atoms with Crippen LogP contribution in [-0.4, -0.2) is 4.73 Å². The Hall–Kier alpha value is -2.62. The molecule has 0 radical (unpaired) electrons. The molecule has 1 aliphatic rings. The summed E-state index contributed by atoms with van der Waals surface area (Å²) in [5.41, 5.74) is 2.51. The second kappa shape index (κ2) is 4.98. The fraction of sp³-hybridized carbons (Fsp3) is 0.222. The molecule has 0 bridgehead atoms. The van der Waals surface area contributed by atoms with Crippen LogP contribution in [0.4, 0.5) is 0 Å². The van der Waals surface area contributed by atoms with Crippen molar-refractivity contribution in [3.63, 3.8) is 0 Å². The summed E-state index contributed by atoms with van der Waals surface area (Å²) in [6.07, 6.45) is 4.74. The molecule has 1 aromatic heterocycles. The summed E-state index contributed by atoms with van der Waals surface area (Å²) in [7, 11) is 0. The minimum absolute atomic E-state index is 0.437. The standard InChI is InChI=1S/C18H16N2O2/c21-19-12-18(20(22)17-11-4-3-10-16(17)19)15-9-5-7-13-6-1-2-8-14(13)15/h1-2,5-9,12H,3-4,10-11H2. The van der Waals surface area contributed by atoms with Crippen molar-refractivity contribution in [1.82, 2.24) is 4.73 Å². The molecule has 4 rings (SSSR count). The highest BCUT2D eigenvalue weighted by atomic mass is 16.5. The summed E-state index contributed by atoms with van der Waals surface area (Å²) >= 11 is 0. The summed E-state index contributed by atoms with van der Waals surface area (Å²) in [5, 5.41) is 14.8. The molecule has 0 unspecified atom stereocenters. The maximum absolute atomic E-state index is 12.8. The van der Waals surface area contributed by atoms with Gasteiger partial charge in [-0.1, -0.05) is 42.5 Å². The van der Waals surface area contributed by atoms with Crippen molar-refractivity contribution in [2.24, 2.45) is 0 Å². The van der Waals surface area contributed by atoms with Gasteiger partial charge in [-0.25, -0.2) is 0 Å². The Morgan fingerprint density at radius 1 is 1.00 bits per heavy atom. The van der Waals surface area contributed by atoms with Crippen LogP contribution in [0, 0.1) is 10.1 Å². The molecule has 0 saturated carbocycles. The van der Waals surface area contributed by atoms with E-state index in [2.05, 4.69) is 0 Å². The number of fused-ring (bicyclic) bond motifs is 2. The molecule has 4 nitrogen and oxygen atoms in total. The molecule has 0 N–H and O–H groups in total. The number of aromatic nitrogens is 2. The SMILES string of the molecule is O=[n+]1cc(-c2cccc3ccccc23)n([O-])c2c1CCCC2. The molecular weight excluding hydrogens is 276 g/mol. The van der Waals surface area contributed by atoms with Gasteiger partial charge in [0.25, 0.3) is 11.9 Å². The first-order valence-electron chi connectivity index (χ1n) is 7.61. The average molecular weight is 292 g/mol. The van der Waals surface area contributed by atoms with Gasteiger partial charge in [0.05, 0.1) is 10.1 Å². The van der Waals surface area contributed by atoms with Gasteiger partial charge < -0.3 is 9.94 Å². The minimum Gasteiger partial charge on any atom is -0.805 e. The molecule has 0 fully saturated rings. The van der Waals surface area contributed by atoms with Gasteiger partial charge in [-0.3, -0.25) is 0 Å². The second-order valence-electron chi connectivity index (χ2n) is 5.76. The van der Waals surface area contributed by atoms with Gasteiger partial charge in [-0.15, -0.1) is 0 Å². The van der Waals surface area contributed by atoms with Crippen molar-refractivity contribution in [3.8, 4) is 11.3 Å². The molecular formula is C18H16N2O2. The molecule has 2 aromatic carbocycles. The highest BCUT2D eigenvalue weighted by molar-refractivity contribution is 5.95. The van der Waals surface area contributed by atoms with Gasteiger partial charge in [0.2, 0.25) is 0 Å². The Morgan fingerprint density at radius 2 is 1.77 bits per heavy atom. The van der Waals surface area contributed by atoms with Crippen molar-refractivity contribution in [2.45, 2.75) is 25.7 Å². The van der Waals surface area contributed by atoms with Crippen molar-refractivity contribution in [2.75, 3.05) is 0 Å². The first-order valence-corrected chi connectivity index (χ1v) is 7.61. The Morgan fingerprint density at radius 3 is 2.68 bits per heavy atom. The molecule has 3 aromatic rings. The predicted octanol–water partition coefficient (Wildman–Crippen LogP) is 3.45. The van der Waals surface area contributed by atoms with Crippen molar-refractivity contribution in [1.29, 1.82) is 0 Å². The zero-order chi connectivity index (χ0) is 15.1. The third-order valence-electron chi connectivity index (χ3n) is 4.45. The number of benzene rings is 2. The molecule has 0 saturated heterocycles. The van der Waals surface area contributed by atoms with E-state index in [-0.39, 0.29) is 0 Å². The lowest BCUT2D eigenvalue weighted by molar-refractivity contribution is -0.506.